The van der Waals surface area contributed by atoms with Crippen LogP contribution in [0.1, 0.15) is 45.6 Å². The topological polar surface area (TPSA) is 9.23 Å². The van der Waals surface area contributed by atoms with E-state index < -0.39 is 0 Å². The maximum atomic E-state index is 6.05. The molecule has 0 saturated carbocycles. The summed E-state index contributed by atoms with van der Waals surface area (Å²) in [7, 11) is 0. The summed E-state index contributed by atoms with van der Waals surface area (Å²) in [6, 6.07) is 8.29. The van der Waals surface area contributed by atoms with Crippen molar-refractivity contribution in [1.82, 2.24) is 0 Å². The fraction of sp³-hybridized carbons (Fsp3) is 0.412. The first kappa shape index (κ1) is 23.1. The second kappa shape index (κ2) is 9.74. The van der Waals surface area contributed by atoms with Crippen molar-refractivity contribution in [2.45, 2.75) is 45.6 Å². The number of rotatable bonds is 3. The van der Waals surface area contributed by atoms with Crippen molar-refractivity contribution in [1.29, 1.82) is 0 Å². The summed E-state index contributed by atoms with van der Waals surface area (Å²) in [6.45, 7) is 8.45. The molecule has 1 nitrogen and oxygen atoms in total. The minimum Gasteiger partial charge on any atom is -0.488 e. The summed E-state index contributed by atoms with van der Waals surface area (Å²) >= 11 is 0. The van der Waals surface area contributed by atoms with Crippen LogP contribution in [0, 0.1) is 6.08 Å². The second-order valence-electron chi connectivity index (χ2n) is 5.71. The van der Waals surface area contributed by atoms with Crippen LogP contribution in [0.3, 0.4) is 0 Å². The summed E-state index contributed by atoms with van der Waals surface area (Å²) in [5.41, 5.74) is 2.33. The Hall–Kier alpha value is -0.206. The number of benzene rings is 1. The quantitative estimate of drug-likeness (QED) is 0.510. The van der Waals surface area contributed by atoms with Crippen molar-refractivity contribution in [3.05, 3.63) is 53.6 Å². The molecule has 1 atom stereocenters. The normalized spacial score (nSPS) is 14.2. The molecule has 0 radical (unpaired) electrons. The molecule has 2 rings (SSSR count). The van der Waals surface area contributed by atoms with E-state index >= 15 is 0 Å². The van der Waals surface area contributed by atoms with Crippen LogP contribution in [0.25, 0.3) is 0 Å². The summed E-state index contributed by atoms with van der Waals surface area (Å²) in [6.07, 6.45) is 8.64. The molecule has 1 aliphatic rings. The molecule has 0 amide bonds. The van der Waals surface area contributed by atoms with Crippen LogP contribution in [-0.4, -0.2) is 5.60 Å². The van der Waals surface area contributed by atoms with Gasteiger partial charge in [-0.15, -0.1) is 31.2 Å². The summed E-state index contributed by atoms with van der Waals surface area (Å²) in [5.74, 6) is 1.31. The molecule has 0 bridgehead atoms. The van der Waals surface area contributed by atoms with Crippen molar-refractivity contribution in [2.75, 3.05) is 0 Å². The van der Waals surface area contributed by atoms with E-state index in [4.69, 9.17) is 4.74 Å². The van der Waals surface area contributed by atoms with Crippen molar-refractivity contribution in [3.8, 4) is 5.75 Å². The first-order valence-electron chi connectivity index (χ1n) is 6.52. The zero-order valence-electron chi connectivity index (χ0n) is 13.0. The van der Waals surface area contributed by atoms with Gasteiger partial charge in [0, 0.05) is 21.7 Å². The maximum Gasteiger partial charge on any atom is 0.123 e. The first-order chi connectivity index (χ1) is 8.47. The number of para-hydroxylation sites is 1. The molecule has 0 spiro atoms. The van der Waals surface area contributed by atoms with Crippen LogP contribution in [0.2, 0.25) is 0 Å². The van der Waals surface area contributed by atoms with E-state index in [0.29, 0.717) is 5.92 Å². The van der Waals surface area contributed by atoms with Crippen LogP contribution in [-0.2, 0) is 21.7 Å². The molecule has 0 aliphatic heterocycles. The van der Waals surface area contributed by atoms with Gasteiger partial charge in [-0.25, -0.2) is 11.6 Å². The van der Waals surface area contributed by atoms with Gasteiger partial charge in [0.1, 0.15) is 11.4 Å². The average molecular weight is 362 g/mol. The SMILES string of the molecule is CC(C1=[C-]CC=C1)c1ccccc1OC(C)(C)C.Cl.Cl.[Ti]. The molecule has 0 fully saturated rings. The van der Waals surface area contributed by atoms with E-state index in [2.05, 4.69) is 64.1 Å². The second-order valence-corrected chi connectivity index (χ2v) is 5.71. The monoisotopic (exact) mass is 361 g/mol. The molecule has 0 saturated heterocycles. The van der Waals surface area contributed by atoms with Crippen LogP contribution < -0.4 is 4.74 Å². The van der Waals surface area contributed by atoms with Gasteiger partial charge in [-0.2, -0.15) is 6.08 Å². The van der Waals surface area contributed by atoms with Gasteiger partial charge in [-0.05, 0) is 38.3 Å². The van der Waals surface area contributed by atoms with E-state index in [0.717, 1.165) is 12.2 Å². The van der Waals surface area contributed by atoms with Crippen LogP contribution in [0.4, 0.5) is 0 Å². The minimum absolute atomic E-state index is 0. The van der Waals surface area contributed by atoms with Crippen molar-refractivity contribution in [3.63, 3.8) is 0 Å². The van der Waals surface area contributed by atoms with E-state index in [1.54, 1.807) is 0 Å². The molecule has 1 unspecified atom stereocenters. The Kier molecular flexibility index (Phi) is 10.7. The van der Waals surface area contributed by atoms with Gasteiger partial charge < -0.3 is 4.74 Å². The first-order valence-corrected chi connectivity index (χ1v) is 6.52. The Morgan fingerprint density at radius 2 is 1.76 bits per heavy atom. The Morgan fingerprint density at radius 3 is 2.29 bits per heavy atom. The predicted molar refractivity (Wildman–Crippen MR) is 90.2 cm³/mol. The molecule has 4 heteroatoms. The zero-order chi connectivity index (χ0) is 13.2. The largest absolute Gasteiger partial charge is 0.488 e. The Morgan fingerprint density at radius 1 is 1.14 bits per heavy atom. The van der Waals surface area contributed by atoms with Gasteiger partial charge in [0.25, 0.3) is 0 Å². The van der Waals surface area contributed by atoms with Gasteiger partial charge in [-0.1, -0.05) is 25.1 Å². The number of hydrogen-bond acceptors (Lipinski definition) is 1. The van der Waals surface area contributed by atoms with Crippen LogP contribution in [0.15, 0.2) is 42.0 Å². The third-order valence-corrected chi connectivity index (χ3v) is 2.99. The summed E-state index contributed by atoms with van der Waals surface area (Å²) in [4.78, 5) is 0. The van der Waals surface area contributed by atoms with E-state index in [1.165, 1.54) is 11.1 Å². The Bertz CT molecular complexity index is 490. The fourth-order valence-electron chi connectivity index (χ4n) is 2.15. The van der Waals surface area contributed by atoms with E-state index in [1.807, 2.05) is 6.07 Å². The zero-order valence-corrected chi connectivity index (χ0v) is 16.2. The molecule has 0 aromatic heterocycles. The third-order valence-electron chi connectivity index (χ3n) is 2.99. The molecule has 1 aromatic rings. The number of halogens is 2. The van der Waals surface area contributed by atoms with Crippen LogP contribution in [0.5, 0.6) is 5.75 Å². The fourth-order valence-corrected chi connectivity index (χ4v) is 2.15. The van der Waals surface area contributed by atoms with Crippen molar-refractivity contribution >= 4 is 24.8 Å². The van der Waals surface area contributed by atoms with Gasteiger partial charge in [0.05, 0.1) is 0 Å². The smallest absolute Gasteiger partial charge is 0.123 e. The van der Waals surface area contributed by atoms with Crippen molar-refractivity contribution in [2.24, 2.45) is 0 Å². The van der Waals surface area contributed by atoms with Gasteiger partial charge in [-0.3, -0.25) is 6.08 Å². The van der Waals surface area contributed by atoms with Gasteiger partial charge in [0.2, 0.25) is 0 Å². The molecule has 1 aromatic carbocycles. The minimum atomic E-state index is -0.167. The predicted octanol–water partition coefficient (Wildman–Crippen LogP) is 5.50. The maximum absolute atomic E-state index is 6.05. The summed E-state index contributed by atoms with van der Waals surface area (Å²) < 4.78 is 6.05. The van der Waals surface area contributed by atoms with Crippen LogP contribution >= 0.6 is 24.8 Å². The molecule has 116 valence electrons. The summed E-state index contributed by atoms with van der Waals surface area (Å²) in [5, 5.41) is 0. The molecular weight excluding hydrogens is 339 g/mol. The molecule has 21 heavy (non-hydrogen) atoms. The Labute approximate surface area is 155 Å². The van der Waals surface area contributed by atoms with Gasteiger partial charge >= 0.3 is 0 Å². The van der Waals surface area contributed by atoms with E-state index in [-0.39, 0.29) is 52.1 Å². The molecule has 0 N–H and O–H groups in total. The Balaban J connectivity index is 0. The molecular formula is C17H23Cl2OTi-. The number of hydrogen-bond donors (Lipinski definition) is 0. The van der Waals surface area contributed by atoms with E-state index in [9.17, 15) is 0 Å². The third kappa shape index (κ3) is 6.61. The van der Waals surface area contributed by atoms with Crippen molar-refractivity contribution < 1.29 is 26.5 Å². The average Bonchev–Trinajstić information content (AvgIpc) is 2.80. The number of ether oxygens (including phenoxy) is 1. The molecule has 1 aliphatic carbocycles. The number of allylic oxidation sites excluding steroid dienone is 4. The standard InChI is InChI=1S/C17H21O.2ClH.Ti/c1-13(14-9-5-6-10-14)15-11-7-8-12-16(15)18-17(2,3)4;;;/h5,7-9,11-13H,6H2,1-4H3;2*1H;/q-1;;;. The molecule has 0 heterocycles. The van der Waals surface area contributed by atoms with Gasteiger partial charge in [0.15, 0.2) is 0 Å².